The van der Waals surface area contributed by atoms with Crippen LogP contribution in [0.3, 0.4) is 0 Å². The SMILES string of the molecule is CCc1cc(C(F)F)c(CC(=O)O)cc1C. The van der Waals surface area contributed by atoms with Gasteiger partial charge in [-0.25, -0.2) is 8.78 Å². The molecule has 1 aromatic rings. The van der Waals surface area contributed by atoms with Gasteiger partial charge in [0.25, 0.3) is 6.43 Å². The summed E-state index contributed by atoms with van der Waals surface area (Å²) in [4.78, 5) is 10.6. The summed E-state index contributed by atoms with van der Waals surface area (Å²) in [5.41, 5.74) is 1.75. The Morgan fingerprint density at radius 3 is 2.44 bits per heavy atom. The molecule has 0 aromatic heterocycles. The van der Waals surface area contributed by atoms with Gasteiger partial charge >= 0.3 is 5.97 Å². The molecule has 0 bridgehead atoms. The van der Waals surface area contributed by atoms with Crippen molar-refractivity contribution in [2.75, 3.05) is 0 Å². The summed E-state index contributed by atoms with van der Waals surface area (Å²) in [5.74, 6) is -1.09. The fourth-order valence-electron chi connectivity index (χ4n) is 1.73. The van der Waals surface area contributed by atoms with Crippen LogP contribution in [-0.4, -0.2) is 11.1 Å². The molecule has 0 amide bonds. The molecule has 88 valence electrons. The molecule has 0 aliphatic carbocycles. The zero-order chi connectivity index (χ0) is 12.3. The Morgan fingerprint density at radius 2 is 2.00 bits per heavy atom. The van der Waals surface area contributed by atoms with Crippen molar-refractivity contribution >= 4 is 5.97 Å². The molecule has 0 aliphatic rings. The van der Waals surface area contributed by atoms with Crippen molar-refractivity contribution < 1.29 is 18.7 Å². The molecule has 16 heavy (non-hydrogen) atoms. The number of hydrogen-bond donors (Lipinski definition) is 1. The van der Waals surface area contributed by atoms with E-state index in [4.69, 9.17) is 5.11 Å². The maximum absolute atomic E-state index is 12.7. The molecule has 0 aliphatic heterocycles. The van der Waals surface area contributed by atoms with Gasteiger partial charge in [-0.15, -0.1) is 0 Å². The predicted molar refractivity (Wildman–Crippen MR) is 56.9 cm³/mol. The minimum atomic E-state index is -2.62. The largest absolute Gasteiger partial charge is 0.481 e. The Bertz CT molecular complexity index is 400. The highest BCUT2D eigenvalue weighted by atomic mass is 19.3. The predicted octanol–water partition coefficient (Wildman–Crippen LogP) is 3.12. The first-order valence-corrected chi connectivity index (χ1v) is 5.08. The van der Waals surface area contributed by atoms with Gasteiger partial charge in [-0.2, -0.15) is 0 Å². The lowest BCUT2D eigenvalue weighted by atomic mass is 9.96. The number of hydrogen-bond acceptors (Lipinski definition) is 1. The average Bonchev–Trinajstić information content (AvgIpc) is 2.16. The monoisotopic (exact) mass is 228 g/mol. The zero-order valence-corrected chi connectivity index (χ0v) is 9.26. The van der Waals surface area contributed by atoms with Crippen LogP contribution in [0.4, 0.5) is 8.78 Å². The first-order chi connectivity index (χ1) is 7.45. The van der Waals surface area contributed by atoms with E-state index in [0.717, 1.165) is 11.1 Å². The van der Waals surface area contributed by atoms with Gasteiger partial charge in [0.1, 0.15) is 0 Å². The summed E-state index contributed by atoms with van der Waals surface area (Å²) in [5, 5.41) is 8.65. The van der Waals surface area contributed by atoms with Crippen molar-refractivity contribution in [3.05, 3.63) is 34.4 Å². The molecule has 0 radical (unpaired) electrons. The summed E-state index contributed by atoms with van der Waals surface area (Å²) < 4.78 is 25.5. The average molecular weight is 228 g/mol. The van der Waals surface area contributed by atoms with Gasteiger partial charge in [0, 0.05) is 5.56 Å². The van der Waals surface area contributed by atoms with Gasteiger partial charge in [0.15, 0.2) is 0 Å². The van der Waals surface area contributed by atoms with E-state index < -0.39 is 12.4 Å². The maximum Gasteiger partial charge on any atom is 0.307 e. The molecule has 2 nitrogen and oxygen atoms in total. The zero-order valence-electron chi connectivity index (χ0n) is 9.26. The third-order valence-electron chi connectivity index (χ3n) is 2.56. The maximum atomic E-state index is 12.7. The number of aryl methyl sites for hydroxylation is 2. The van der Waals surface area contributed by atoms with Crippen molar-refractivity contribution in [3.63, 3.8) is 0 Å². The second-order valence-electron chi connectivity index (χ2n) is 3.70. The molecule has 0 atom stereocenters. The van der Waals surface area contributed by atoms with Crippen molar-refractivity contribution in [1.29, 1.82) is 0 Å². The third-order valence-corrected chi connectivity index (χ3v) is 2.56. The second kappa shape index (κ2) is 5.05. The number of carbonyl (C=O) groups is 1. The first kappa shape index (κ1) is 12.6. The standard InChI is InChI=1S/C12H14F2O2/c1-3-8-5-10(12(13)14)9(4-7(8)2)6-11(15)16/h4-5,12H,3,6H2,1-2H3,(H,15,16). The molecule has 1 rings (SSSR count). The van der Waals surface area contributed by atoms with Crippen molar-refractivity contribution in [1.82, 2.24) is 0 Å². The molecule has 1 aromatic carbocycles. The van der Waals surface area contributed by atoms with Crippen molar-refractivity contribution in [3.8, 4) is 0 Å². The number of carboxylic acids is 1. The summed E-state index contributed by atoms with van der Waals surface area (Å²) in [7, 11) is 0. The van der Waals surface area contributed by atoms with Crippen LogP contribution >= 0.6 is 0 Å². The number of carboxylic acid groups (broad SMARTS) is 1. The lowest BCUT2D eigenvalue weighted by Gasteiger charge is -2.12. The first-order valence-electron chi connectivity index (χ1n) is 5.08. The van der Waals surface area contributed by atoms with Crippen molar-refractivity contribution in [2.24, 2.45) is 0 Å². The van der Waals surface area contributed by atoms with Crippen LogP contribution in [0, 0.1) is 6.92 Å². The number of rotatable bonds is 4. The lowest BCUT2D eigenvalue weighted by Crippen LogP contribution is -2.06. The topological polar surface area (TPSA) is 37.3 Å². The van der Waals surface area contributed by atoms with E-state index in [1.165, 1.54) is 6.07 Å². The van der Waals surface area contributed by atoms with Crippen LogP contribution in [-0.2, 0) is 17.6 Å². The summed E-state index contributed by atoms with van der Waals surface area (Å²) in [6.07, 6.45) is -2.32. The molecule has 1 N–H and O–H groups in total. The van der Waals surface area contributed by atoms with E-state index in [1.54, 1.807) is 13.0 Å². The van der Waals surface area contributed by atoms with E-state index in [9.17, 15) is 13.6 Å². The quantitative estimate of drug-likeness (QED) is 0.859. The lowest BCUT2D eigenvalue weighted by molar-refractivity contribution is -0.136. The van der Waals surface area contributed by atoms with Crippen LogP contribution in [0.25, 0.3) is 0 Å². The highest BCUT2D eigenvalue weighted by Crippen LogP contribution is 2.27. The Morgan fingerprint density at radius 1 is 1.38 bits per heavy atom. The number of halogens is 2. The molecule has 0 unspecified atom stereocenters. The van der Waals surface area contributed by atoms with Crippen LogP contribution in [0.15, 0.2) is 12.1 Å². The van der Waals surface area contributed by atoms with E-state index in [-0.39, 0.29) is 17.5 Å². The molecule has 0 fully saturated rings. The fraction of sp³-hybridized carbons (Fsp3) is 0.417. The van der Waals surface area contributed by atoms with Gasteiger partial charge in [-0.3, -0.25) is 4.79 Å². The van der Waals surface area contributed by atoms with Crippen LogP contribution in [0.5, 0.6) is 0 Å². The molecular formula is C12H14F2O2. The minimum absolute atomic E-state index is 0.162. The van der Waals surface area contributed by atoms with Gasteiger partial charge < -0.3 is 5.11 Å². The second-order valence-corrected chi connectivity index (χ2v) is 3.70. The molecule has 4 heteroatoms. The van der Waals surface area contributed by atoms with E-state index in [0.29, 0.717) is 6.42 Å². The Labute approximate surface area is 92.9 Å². The molecular weight excluding hydrogens is 214 g/mol. The minimum Gasteiger partial charge on any atom is -0.481 e. The Balaban J connectivity index is 3.24. The van der Waals surface area contributed by atoms with Gasteiger partial charge in [0.05, 0.1) is 6.42 Å². The Hall–Kier alpha value is -1.45. The van der Waals surface area contributed by atoms with Crippen LogP contribution < -0.4 is 0 Å². The van der Waals surface area contributed by atoms with Gasteiger partial charge in [0.2, 0.25) is 0 Å². The van der Waals surface area contributed by atoms with Gasteiger partial charge in [-0.1, -0.05) is 13.0 Å². The number of aliphatic carboxylic acids is 1. The van der Waals surface area contributed by atoms with E-state index >= 15 is 0 Å². The molecule has 0 saturated carbocycles. The molecule has 0 heterocycles. The van der Waals surface area contributed by atoms with Crippen molar-refractivity contribution in [2.45, 2.75) is 33.1 Å². The Kier molecular flexibility index (Phi) is 3.99. The number of benzene rings is 1. The smallest absolute Gasteiger partial charge is 0.307 e. The summed E-state index contributed by atoms with van der Waals surface area (Å²) in [6.45, 7) is 3.69. The van der Waals surface area contributed by atoms with E-state index in [2.05, 4.69) is 0 Å². The normalized spacial score (nSPS) is 10.8. The number of alkyl halides is 2. The van der Waals surface area contributed by atoms with Gasteiger partial charge in [-0.05, 0) is 36.1 Å². The summed E-state index contributed by atoms with van der Waals surface area (Å²) in [6, 6.07) is 2.96. The summed E-state index contributed by atoms with van der Waals surface area (Å²) >= 11 is 0. The van der Waals surface area contributed by atoms with Crippen LogP contribution in [0.2, 0.25) is 0 Å². The molecule has 0 saturated heterocycles. The highest BCUT2D eigenvalue weighted by molar-refractivity contribution is 5.71. The fourth-order valence-corrected chi connectivity index (χ4v) is 1.73. The van der Waals surface area contributed by atoms with E-state index in [1.807, 2.05) is 6.92 Å². The third kappa shape index (κ3) is 2.78. The molecule has 0 spiro atoms. The van der Waals surface area contributed by atoms with Crippen LogP contribution in [0.1, 0.15) is 35.6 Å². The highest BCUT2D eigenvalue weighted by Gasteiger charge is 2.16.